The lowest BCUT2D eigenvalue weighted by Gasteiger charge is -2.06. The van der Waals surface area contributed by atoms with Gasteiger partial charge in [-0.05, 0) is 15.9 Å². The van der Waals surface area contributed by atoms with Crippen LogP contribution in [-0.4, -0.2) is 35.5 Å². The minimum Gasteiger partial charge on any atom is -0.380 e. The molecule has 0 aliphatic carbocycles. The van der Waals surface area contributed by atoms with Crippen molar-refractivity contribution in [2.24, 2.45) is 7.05 Å². The van der Waals surface area contributed by atoms with Crippen molar-refractivity contribution >= 4 is 15.9 Å². The van der Waals surface area contributed by atoms with Crippen LogP contribution in [0.15, 0.2) is 10.8 Å². The van der Waals surface area contributed by atoms with Gasteiger partial charge in [0.1, 0.15) is 17.5 Å². The Kier molecular flexibility index (Phi) is 2.30. The highest BCUT2D eigenvalue weighted by molar-refractivity contribution is 9.10. The van der Waals surface area contributed by atoms with Gasteiger partial charge in [0, 0.05) is 7.05 Å². The molecule has 1 unspecified atom stereocenters. The molecular formula is C6H7BrN6O. The van der Waals surface area contributed by atoms with Gasteiger partial charge in [-0.3, -0.25) is 0 Å². The molecule has 0 saturated heterocycles. The Balaban J connectivity index is 2.41. The highest BCUT2D eigenvalue weighted by Gasteiger charge is 2.21. The zero-order chi connectivity index (χ0) is 10.1. The highest BCUT2D eigenvalue weighted by Crippen LogP contribution is 2.24. The van der Waals surface area contributed by atoms with E-state index >= 15 is 0 Å². The Morgan fingerprint density at radius 3 is 2.93 bits per heavy atom. The van der Waals surface area contributed by atoms with Crippen LogP contribution in [0.3, 0.4) is 0 Å². The second-order valence-electron chi connectivity index (χ2n) is 2.69. The molecule has 74 valence electrons. The minimum absolute atomic E-state index is 0.427. The molecule has 0 radical (unpaired) electrons. The first-order chi connectivity index (χ1) is 6.70. The van der Waals surface area contributed by atoms with E-state index in [1.54, 1.807) is 7.05 Å². The Bertz CT molecular complexity index is 404. The van der Waals surface area contributed by atoms with Crippen molar-refractivity contribution in [3.05, 3.63) is 22.2 Å². The third-order valence-electron chi connectivity index (χ3n) is 1.80. The molecular weight excluding hydrogens is 252 g/mol. The van der Waals surface area contributed by atoms with Gasteiger partial charge in [0.25, 0.3) is 0 Å². The smallest absolute Gasteiger partial charge is 0.154 e. The second-order valence-corrected chi connectivity index (χ2v) is 3.44. The van der Waals surface area contributed by atoms with E-state index in [0.29, 0.717) is 16.0 Å². The number of aromatic amines is 1. The summed E-state index contributed by atoms with van der Waals surface area (Å²) < 4.78 is 1.97. The van der Waals surface area contributed by atoms with E-state index in [1.807, 2.05) is 0 Å². The number of hydrogen-bond donors (Lipinski definition) is 2. The molecule has 14 heavy (non-hydrogen) atoms. The molecule has 2 aromatic heterocycles. The Hall–Kier alpha value is -1.28. The lowest BCUT2D eigenvalue weighted by Crippen LogP contribution is -2.07. The van der Waals surface area contributed by atoms with Crippen LogP contribution < -0.4 is 0 Å². The van der Waals surface area contributed by atoms with Gasteiger partial charge in [0.05, 0.1) is 6.20 Å². The zero-order valence-electron chi connectivity index (χ0n) is 7.22. The number of rotatable bonds is 2. The van der Waals surface area contributed by atoms with E-state index < -0.39 is 6.10 Å². The Morgan fingerprint density at radius 1 is 1.64 bits per heavy atom. The maximum atomic E-state index is 9.88. The lowest BCUT2D eigenvalue weighted by molar-refractivity contribution is 0.204. The topological polar surface area (TPSA) is 92.5 Å². The van der Waals surface area contributed by atoms with E-state index in [4.69, 9.17) is 0 Å². The van der Waals surface area contributed by atoms with Crippen LogP contribution >= 0.6 is 15.9 Å². The summed E-state index contributed by atoms with van der Waals surface area (Å²) in [5.74, 6) is 0. The van der Waals surface area contributed by atoms with E-state index in [9.17, 15) is 5.11 Å². The fraction of sp³-hybridized carbons (Fsp3) is 0.333. The monoisotopic (exact) mass is 258 g/mol. The number of aliphatic hydroxyl groups is 1. The van der Waals surface area contributed by atoms with Crippen LogP contribution in [0.1, 0.15) is 17.5 Å². The van der Waals surface area contributed by atoms with Crippen LogP contribution in [0, 0.1) is 0 Å². The SMILES string of the molecule is Cn1nnc(Br)c1C(O)c1cn[nH]n1. The summed E-state index contributed by atoms with van der Waals surface area (Å²) in [6, 6.07) is 0. The van der Waals surface area contributed by atoms with Crippen LogP contribution in [0.4, 0.5) is 0 Å². The number of aryl methyl sites for hydroxylation is 1. The molecule has 0 amide bonds. The van der Waals surface area contributed by atoms with E-state index in [-0.39, 0.29) is 0 Å². The first kappa shape index (κ1) is 9.28. The first-order valence-electron chi connectivity index (χ1n) is 3.79. The molecule has 0 fully saturated rings. The van der Waals surface area contributed by atoms with E-state index in [2.05, 4.69) is 41.7 Å². The summed E-state index contributed by atoms with van der Waals surface area (Å²) in [6.45, 7) is 0. The maximum absolute atomic E-state index is 9.88. The van der Waals surface area contributed by atoms with E-state index in [0.717, 1.165) is 0 Å². The number of hydrogen-bond acceptors (Lipinski definition) is 5. The molecule has 2 rings (SSSR count). The summed E-state index contributed by atoms with van der Waals surface area (Å²) in [7, 11) is 1.69. The number of nitrogens with zero attached hydrogens (tertiary/aromatic N) is 5. The summed E-state index contributed by atoms with van der Waals surface area (Å²) in [4.78, 5) is 0. The lowest BCUT2D eigenvalue weighted by atomic mass is 10.2. The molecule has 2 aromatic rings. The van der Waals surface area contributed by atoms with Crippen molar-refractivity contribution < 1.29 is 5.11 Å². The summed E-state index contributed by atoms with van der Waals surface area (Å²) >= 11 is 3.19. The average molecular weight is 259 g/mol. The number of aromatic nitrogens is 6. The standard InChI is InChI=1S/C6H7BrN6O/c1-13-4(6(7)10-12-13)5(14)3-2-8-11-9-3/h2,5,14H,1H3,(H,8,9,11). The van der Waals surface area contributed by atoms with Crippen molar-refractivity contribution in [1.29, 1.82) is 0 Å². The molecule has 0 aliphatic heterocycles. The molecule has 0 saturated carbocycles. The molecule has 2 N–H and O–H groups in total. The van der Waals surface area contributed by atoms with Gasteiger partial charge in [-0.2, -0.15) is 15.4 Å². The van der Waals surface area contributed by atoms with Crippen molar-refractivity contribution in [2.45, 2.75) is 6.10 Å². The van der Waals surface area contributed by atoms with Gasteiger partial charge in [0.15, 0.2) is 4.60 Å². The molecule has 0 aliphatic rings. The fourth-order valence-electron chi connectivity index (χ4n) is 1.11. The molecule has 1 atom stereocenters. The molecule has 2 heterocycles. The Morgan fingerprint density at radius 2 is 2.43 bits per heavy atom. The number of nitrogens with one attached hydrogen (secondary N) is 1. The van der Waals surface area contributed by atoms with Gasteiger partial charge < -0.3 is 5.11 Å². The zero-order valence-corrected chi connectivity index (χ0v) is 8.80. The molecule has 0 bridgehead atoms. The van der Waals surface area contributed by atoms with Gasteiger partial charge >= 0.3 is 0 Å². The second kappa shape index (κ2) is 3.46. The fourth-order valence-corrected chi connectivity index (χ4v) is 1.66. The van der Waals surface area contributed by atoms with Crippen molar-refractivity contribution in [3.8, 4) is 0 Å². The van der Waals surface area contributed by atoms with Crippen LogP contribution in [0.25, 0.3) is 0 Å². The van der Waals surface area contributed by atoms with Gasteiger partial charge in [-0.15, -0.1) is 5.10 Å². The highest BCUT2D eigenvalue weighted by atomic mass is 79.9. The number of aliphatic hydroxyl groups excluding tert-OH is 1. The minimum atomic E-state index is -0.886. The molecule has 8 heteroatoms. The maximum Gasteiger partial charge on any atom is 0.154 e. The van der Waals surface area contributed by atoms with Gasteiger partial charge in [-0.25, -0.2) is 4.68 Å². The van der Waals surface area contributed by atoms with Crippen molar-refractivity contribution in [2.75, 3.05) is 0 Å². The predicted octanol–water partition coefficient (Wildman–Crippen LogP) is -0.223. The molecule has 7 nitrogen and oxygen atoms in total. The van der Waals surface area contributed by atoms with Crippen LogP contribution in [0.5, 0.6) is 0 Å². The molecule has 0 spiro atoms. The third-order valence-corrected chi connectivity index (χ3v) is 2.36. The van der Waals surface area contributed by atoms with Gasteiger partial charge in [0.2, 0.25) is 0 Å². The summed E-state index contributed by atoms with van der Waals surface area (Å²) in [5.41, 5.74) is 0.968. The normalized spacial score (nSPS) is 13.1. The van der Waals surface area contributed by atoms with Crippen molar-refractivity contribution in [1.82, 2.24) is 30.4 Å². The van der Waals surface area contributed by atoms with E-state index in [1.165, 1.54) is 10.9 Å². The average Bonchev–Trinajstić information content (AvgIpc) is 2.75. The molecule has 0 aromatic carbocycles. The summed E-state index contributed by atoms with van der Waals surface area (Å²) in [5, 5.41) is 27.2. The van der Waals surface area contributed by atoms with Crippen LogP contribution in [0.2, 0.25) is 0 Å². The largest absolute Gasteiger partial charge is 0.380 e. The van der Waals surface area contributed by atoms with Crippen molar-refractivity contribution in [3.63, 3.8) is 0 Å². The van der Waals surface area contributed by atoms with Gasteiger partial charge in [-0.1, -0.05) is 5.21 Å². The quantitative estimate of drug-likeness (QED) is 0.777. The number of halogens is 1. The van der Waals surface area contributed by atoms with Crippen LogP contribution in [-0.2, 0) is 7.05 Å². The number of H-pyrrole nitrogens is 1. The third kappa shape index (κ3) is 1.42. The first-order valence-corrected chi connectivity index (χ1v) is 4.58. The predicted molar refractivity (Wildman–Crippen MR) is 49.1 cm³/mol. The Labute approximate surface area is 87.3 Å². The summed E-state index contributed by atoms with van der Waals surface area (Å²) in [6.07, 6.45) is 0.563.